The molecule has 2 aliphatic heterocycles. The van der Waals surface area contributed by atoms with E-state index < -0.39 is 11.1 Å². The highest BCUT2D eigenvalue weighted by Crippen LogP contribution is 2.34. The quantitative estimate of drug-likeness (QED) is 0.560. The van der Waals surface area contributed by atoms with Gasteiger partial charge in [-0.1, -0.05) is 11.6 Å². The number of rotatable bonds is 3. The average Bonchev–Trinajstić information content (AvgIpc) is 3.42. The molecule has 0 bridgehead atoms. The van der Waals surface area contributed by atoms with E-state index in [1.54, 1.807) is 23.2 Å². The minimum atomic E-state index is -2.26. The standard InChI is InChI=1S/C19H19ClN2O3S.C3H4N2S/c20-14-3-8-17-13(12-14)2-1-10-22(17)18-9-11-21(19(18)23)15-4-6-16(7-5-15)26(24)25;4-3-5-1-2-6-3/h3-8,12,18H,1-2,9-11H2,(H,24,25);1-2H,(H2,4,5)/p-1/t18-;/m0./s1. The van der Waals surface area contributed by atoms with Gasteiger partial charge in [-0.3, -0.25) is 9.00 Å². The Morgan fingerprint density at radius 3 is 2.59 bits per heavy atom. The number of halogens is 1. The van der Waals surface area contributed by atoms with Crippen LogP contribution >= 0.6 is 22.9 Å². The van der Waals surface area contributed by atoms with Gasteiger partial charge in [0.15, 0.2) is 5.13 Å². The zero-order valence-electron chi connectivity index (χ0n) is 17.1. The van der Waals surface area contributed by atoms with Crippen molar-refractivity contribution in [3.8, 4) is 0 Å². The number of carbonyl (C=O) groups is 1. The predicted octanol–water partition coefficient (Wildman–Crippen LogP) is 3.86. The topological polar surface area (TPSA) is 103 Å². The number of fused-ring (bicyclic) bond motifs is 1. The van der Waals surface area contributed by atoms with Crippen molar-refractivity contribution in [1.29, 1.82) is 0 Å². The number of anilines is 3. The van der Waals surface area contributed by atoms with Gasteiger partial charge in [0.1, 0.15) is 6.04 Å². The lowest BCUT2D eigenvalue weighted by atomic mass is 9.99. The van der Waals surface area contributed by atoms with Crippen molar-refractivity contribution in [3.05, 3.63) is 64.6 Å². The average molecular weight is 490 g/mol. The molecule has 1 unspecified atom stereocenters. The second kappa shape index (κ2) is 9.99. The summed E-state index contributed by atoms with van der Waals surface area (Å²) in [6.45, 7) is 1.48. The number of benzene rings is 2. The summed E-state index contributed by atoms with van der Waals surface area (Å²) in [5, 5.41) is 3.20. The van der Waals surface area contributed by atoms with Crippen molar-refractivity contribution in [3.63, 3.8) is 0 Å². The van der Waals surface area contributed by atoms with Gasteiger partial charge >= 0.3 is 0 Å². The van der Waals surface area contributed by atoms with E-state index >= 15 is 0 Å². The zero-order chi connectivity index (χ0) is 22.7. The van der Waals surface area contributed by atoms with Crippen LogP contribution in [0.2, 0.25) is 5.02 Å². The molecule has 2 aliphatic rings. The Morgan fingerprint density at radius 1 is 1.19 bits per heavy atom. The minimum absolute atomic E-state index is 0.0591. The normalized spacial score (nSPS) is 18.7. The summed E-state index contributed by atoms with van der Waals surface area (Å²) in [6, 6.07) is 12.1. The van der Waals surface area contributed by atoms with E-state index in [-0.39, 0.29) is 16.8 Å². The number of nitrogen functional groups attached to an aromatic ring is 1. The molecule has 5 rings (SSSR count). The smallest absolute Gasteiger partial charge is 0.249 e. The minimum Gasteiger partial charge on any atom is -0.768 e. The summed E-state index contributed by atoms with van der Waals surface area (Å²) >= 11 is 5.30. The van der Waals surface area contributed by atoms with E-state index in [1.165, 1.54) is 29.0 Å². The molecule has 10 heteroatoms. The summed E-state index contributed by atoms with van der Waals surface area (Å²) in [5.41, 5.74) is 8.21. The van der Waals surface area contributed by atoms with Gasteiger partial charge in [0.2, 0.25) is 5.91 Å². The maximum absolute atomic E-state index is 13.0. The van der Waals surface area contributed by atoms with Crippen molar-refractivity contribution in [2.45, 2.75) is 30.2 Å². The first-order valence-corrected chi connectivity index (χ1v) is 12.5. The third kappa shape index (κ3) is 4.96. The molecular formula is C22H22ClN4O3S2-. The fourth-order valence-electron chi connectivity index (χ4n) is 4.10. The molecule has 0 saturated carbocycles. The van der Waals surface area contributed by atoms with Crippen molar-refractivity contribution in [1.82, 2.24) is 4.98 Å². The zero-order valence-corrected chi connectivity index (χ0v) is 19.5. The SMILES string of the molecule is Nc1nccs1.O=C1[C@@H](N2CCCc3cc(Cl)ccc32)CCN1c1ccc(S(=O)[O-])cc1. The summed E-state index contributed by atoms with van der Waals surface area (Å²) in [5.74, 6) is 0.0591. The van der Waals surface area contributed by atoms with E-state index in [0.29, 0.717) is 11.7 Å². The third-order valence-corrected chi connectivity index (χ3v) is 7.04. The number of hydrogen-bond donors (Lipinski definition) is 1. The van der Waals surface area contributed by atoms with Gasteiger partial charge in [-0.05, 0) is 78.4 Å². The predicted molar refractivity (Wildman–Crippen MR) is 128 cm³/mol. The van der Waals surface area contributed by atoms with Gasteiger partial charge in [-0.15, -0.1) is 11.3 Å². The van der Waals surface area contributed by atoms with Gasteiger partial charge in [-0.2, -0.15) is 0 Å². The molecule has 7 nitrogen and oxygen atoms in total. The van der Waals surface area contributed by atoms with Gasteiger partial charge in [-0.25, -0.2) is 4.98 Å². The molecule has 1 amide bonds. The number of aryl methyl sites for hydroxylation is 1. The lowest BCUT2D eigenvalue weighted by Crippen LogP contribution is -2.44. The first-order valence-electron chi connectivity index (χ1n) is 10.1. The Hall–Kier alpha value is -2.46. The molecule has 2 atom stereocenters. The van der Waals surface area contributed by atoms with Crippen LogP contribution in [-0.4, -0.2) is 38.8 Å². The summed E-state index contributed by atoms with van der Waals surface area (Å²) < 4.78 is 22.0. The Bertz CT molecular complexity index is 1110. The van der Waals surface area contributed by atoms with Crippen LogP contribution in [0, 0.1) is 0 Å². The van der Waals surface area contributed by atoms with Crippen LogP contribution in [0.4, 0.5) is 16.5 Å². The molecule has 1 saturated heterocycles. The lowest BCUT2D eigenvalue weighted by Gasteiger charge is -2.35. The second-order valence-corrected chi connectivity index (χ2v) is 9.77. The number of nitrogens with zero attached hydrogens (tertiary/aromatic N) is 3. The number of carbonyl (C=O) groups excluding carboxylic acids is 1. The maximum atomic E-state index is 13.0. The van der Waals surface area contributed by atoms with E-state index in [9.17, 15) is 13.6 Å². The Balaban J connectivity index is 0.000000354. The van der Waals surface area contributed by atoms with Gasteiger partial charge in [0.05, 0.1) is 0 Å². The lowest BCUT2D eigenvalue weighted by molar-refractivity contribution is -0.118. The molecule has 0 spiro atoms. The molecule has 0 radical (unpaired) electrons. The molecule has 2 N–H and O–H groups in total. The third-order valence-electron chi connectivity index (χ3n) is 5.54. The molecule has 1 fully saturated rings. The van der Waals surface area contributed by atoms with E-state index in [0.717, 1.165) is 42.2 Å². The Labute approximate surface area is 198 Å². The summed E-state index contributed by atoms with van der Waals surface area (Å²) in [7, 11) is 0. The molecule has 32 heavy (non-hydrogen) atoms. The van der Waals surface area contributed by atoms with Crippen LogP contribution in [0.1, 0.15) is 18.4 Å². The first kappa shape index (κ1) is 22.7. The van der Waals surface area contributed by atoms with E-state index in [2.05, 4.69) is 9.88 Å². The van der Waals surface area contributed by atoms with Crippen molar-refractivity contribution >= 4 is 56.4 Å². The highest BCUT2D eigenvalue weighted by Gasteiger charge is 2.38. The molecule has 2 aromatic carbocycles. The van der Waals surface area contributed by atoms with Crippen LogP contribution in [0.3, 0.4) is 0 Å². The van der Waals surface area contributed by atoms with Crippen molar-refractivity contribution < 1.29 is 13.6 Å². The maximum Gasteiger partial charge on any atom is 0.249 e. The second-order valence-electron chi connectivity index (χ2n) is 7.46. The Morgan fingerprint density at radius 2 is 1.97 bits per heavy atom. The number of aromatic nitrogens is 1. The fourth-order valence-corrected chi connectivity index (χ4v) is 5.04. The number of nitrogens with two attached hydrogens (primary N) is 1. The van der Waals surface area contributed by atoms with Gasteiger partial charge in [0, 0.05) is 46.0 Å². The van der Waals surface area contributed by atoms with Crippen LogP contribution < -0.4 is 15.5 Å². The molecule has 1 aromatic heterocycles. The fraction of sp³-hybridized carbons (Fsp3) is 0.273. The van der Waals surface area contributed by atoms with Crippen molar-refractivity contribution in [2.24, 2.45) is 0 Å². The van der Waals surface area contributed by atoms with Crippen LogP contribution in [-0.2, 0) is 22.3 Å². The number of thiazole rings is 1. The monoisotopic (exact) mass is 489 g/mol. The molecular weight excluding hydrogens is 468 g/mol. The summed E-state index contributed by atoms with van der Waals surface area (Å²) in [4.78, 5) is 20.9. The van der Waals surface area contributed by atoms with Crippen LogP contribution in [0.15, 0.2) is 58.9 Å². The number of amides is 1. The van der Waals surface area contributed by atoms with E-state index in [1.807, 2.05) is 23.6 Å². The van der Waals surface area contributed by atoms with Crippen LogP contribution in [0.25, 0.3) is 0 Å². The highest BCUT2D eigenvalue weighted by atomic mass is 35.5. The number of hydrogen-bond acceptors (Lipinski definition) is 7. The van der Waals surface area contributed by atoms with Crippen molar-refractivity contribution in [2.75, 3.05) is 28.6 Å². The molecule has 168 valence electrons. The molecule has 3 aromatic rings. The Kier molecular flexibility index (Phi) is 7.10. The summed E-state index contributed by atoms with van der Waals surface area (Å²) in [6.07, 6.45) is 4.40. The highest BCUT2D eigenvalue weighted by molar-refractivity contribution is 7.79. The largest absolute Gasteiger partial charge is 0.768 e. The first-order chi connectivity index (χ1) is 15.4. The molecule has 0 aliphatic carbocycles. The van der Waals surface area contributed by atoms with Crippen LogP contribution in [0.5, 0.6) is 0 Å². The molecule has 3 heterocycles. The van der Waals surface area contributed by atoms with Gasteiger partial charge in [0.25, 0.3) is 0 Å². The van der Waals surface area contributed by atoms with Gasteiger partial charge < -0.3 is 20.1 Å². The van der Waals surface area contributed by atoms with E-state index in [4.69, 9.17) is 17.3 Å².